The highest BCUT2D eigenvalue weighted by Gasteiger charge is 2.31. The van der Waals surface area contributed by atoms with Gasteiger partial charge in [-0.25, -0.2) is 4.98 Å². The molecule has 1 atom stereocenters. The second-order valence-corrected chi connectivity index (χ2v) is 7.78. The van der Waals surface area contributed by atoms with Crippen molar-refractivity contribution in [3.05, 3.63) is 84.6 Å². The van der Waals surface area contributed by atoms with E-state index in [1.54, 1.807) is 60.7 Å². The van der Waals surface area contributed by atoms with Gasteiger partial charge in [-0.2, -0.15) is 0 Å². The molecule has 0 saturated carbocycles. The first kappa shape index (κ1) is 25.0. The molecule has 7 nitrogen and oxygen atoms in total. The summed E-state index contributed by atoms with van der Waals surface area (Å²) in [6.45, 7) is -0.552. The lowest BCUT2D eigenvalue weighted by Crippen LogP contribution is -2.21. The van der Waals surface area contributed by atoms with Crippen molar-refractivity contribution < 1.29 is 37.7 Å². The molecule has 0 spiro atoms. The van der Waals surface area contributed by atoms with Gasteiger partial charge in [-0.3, -0.25) is 4.79 Å². The summed E-state index contributed by atoms with van der Waals surface area (Å²) in [5.74, 6) is -0.483. The third-order valence-electron chi connectivity index (χ3n) is 5.08. The Morgan fingerprint density at radius 1 is 0.972 bits per heavy atom. The molecule has 10 heteroatoms. The number of rotatable bonds is 8. The van der Waals surface area contributed by atoms with E-state index in [-0.39, 0.29) is 18.1 Å². The highest BCUT2D eigenvalue weighted by molar-refractivity contribution is 6.05. The third-order valence-corrected chi connectivity index (χ3v) is 5.08. The van der Waals surface area contributed by atoms with E-state index in [1.165, 1.54) is 18.2 Å². The minimum atomic E-state index is -4.82. The molecule has 4 rings (SSSR count). The van der Waals surface area contributed by atoms with Gasteiger partial charge in [-0.1, -0.05) is 42.5 Å². The highest BCUT2D eigenvalue weighted by Crippen LogP contribution is 2.32. The predicted octanol–water partition coefficient (Wildman–Crippen LogP) is 4.78. The number of alkyl halides is 3. The Bertz CT molecular complexity index is 1380. The quantitative estimate of drug-likeness (QED) is 0.323. The van der Waals surface area contributed by atoms with E-state index in [4.69, 9.17) is 9.84 Å². The summed E-state index contributed by atoms with van der Waals surface area (Å²) >= 11 is 0. The number of aliphatic hydroxyl groups excluding tert-OH is 2. The van der Waals surface area contributed by atoms with Gasteiger partial charge in [0, 0.05) is 22.7 Å². The minimum absolute atomic E-state index is 0.0969. The zero-order chi connectivity index (χ0) is 25.7. The van der Waals surface area contributed by atoms with Gasteiger partial charge in [0.05, 0.1) is 12.1 Å². The first-order valence-electron chi connectivity index (χ1n) is 10.8. The molecule has 1 heterocycles. The number of amides is 1. The Kier molecular flexibility index (Phi) is 7.37. The van der Waals surface area contributed by atoms with Crippen LogP contribution in [0.1, 0.15) is 10.5 Å². The Morgan fingerprint density at radius 3 is 2.50 bits per heavy atom. The molecule has 36 heavy (non-hydrogen) atoms. The van der Waals surface area contributed by atoms with Crippen molar-refractivity contribution in [2.24, 2.45) is 0 Å². The molecular formula is C26H21F3N2O5. The molecule has 186 valence electrons. The Labute approximate surface area is 203 Å². The Morgan fingerprint density at radius 2 is 1.72 bits per heavy atom. The van der Waals surface area contributed by atoms with Crippen molar-refractivity contribution in [1.29, 1.82) is 0 Å². The van der Waals surface area contributed by atoms with Crippen LogP contribution in [0.4, 0.5) is 18.9 Å². The van der Waals surface area contributed by atoms with Gasteiger partial charge in [0.1, 0.15) is 29.9 Å². The average molecular weight is 498 g/mol. The lowest BCUT2D eigenvalue weighted by molar-refractivity contribution is -0.274. The van der Waals surface area contributed by atoms with Crippen LogP contribution in [0.5, 0.6) is 11.5 Å². The fourth-order valence-electron chi connectivity index (χ4n) is 3.47. The number of halogens is 3. The SMILES string of the molecule is O=C(Nc1cccc(OCC(O)CO)c1)c1ccc2cccc(-c3cccc(OC(F)(F)F)c3)c2n1. The van der Waals surface area contributed by atoms with E-state index in [1.807, 2.05) is 0 Å². The fraction of sp³-hybridized carbons (Fsp3) is 0.154. The second kappa shape index (κ2) is 10.6. The normalized spacial score (nSPS) is 12.2. The van der Waals surface area contributed by atoms with Gasteiger partial charge in [-0.15, -0.1) is 13.2 Å². The van der Waals surface area contributed by atoms with Gasteiger partial charge in [0.15, 0.2) is 0 Å². The number of carbonyl (C=O) groups excluding carboxylic acids is 1. The molecule has 1 unspecified atom stereocenters. The zero-order valence-corrected chi connectivity index (χ0v) is 18.7. The first-order chi connectivity index (χ1) is 17.2. The number of benzene rings is 3. The van der Waals surface area contributed by atoms with Crippen molar-refractivity contribution in [1.82, 2.24) is 4.98 Å². The first-order valence-corrected chi connectivity index (χ1v) is 10.8. The van der Waals surface area contributed by atoms with E-state index < -0.39 is 25.0 Å². The summed E-state index contributed by atoms with van der Waals surface area (Å²) in [5, 5.41) is 21.7. The maximum Gasteiger partial charge on any atom is 0.573 e. The summed E-state index contributed by atoms with van der Waals surface area (Å²) in [6.07, 6.45) is -5.85. The number of hydrogen-bond acceptors (Lipinski definition) is 6. The third kappa shape index (κ3) is 6.29. The zero-order valence-electron chi connectivity index (χ0n) is 18.7. The number of pyridine rings is 1. The minimum Gasteiger partial charge on any atom is -0.491 e. The van der Waals surface area contributed by atoms with Crippen LogP contribution in [0.3, 0.4) is 0 Å². The van der Waals surface area contributed by atoms with Crippen molar-refractivity contribution in [3.8, 4) is 22.6 Å². The summed E-state index contributed by atoms with van der Waals surface area (Å²) in [5.41, 5.74) is 1.93. The number of aliphatic hydroxyl groups is 2. The maximum atomic E-state index is 12.9. The maximum absolute atomic E-state index is 12.9. The van der Waals surface area contributed by atoms with E-state index in [0.717, 1.165) is 0 Å². The Hall–Kier alpha value is -4.15. The fourth-order valence-corrected chi connectivity index (χ4v) is 3.47. The second-order valence-electron chi connectivity index (χ2n) is 7.78. The van der Waals surface area contributed by atoms with Crippen LogP contribution in [0.2, 0.25) is 0 Å². The van der Waals surface area contributed by atoms with Crippen LogP contribution in [0, 0.1) is 0 Å². The van der Waals surface area contributed by atoms with E-state index >= 15 is 0 Å². The Balaban J connectivity index is 1.59. The van der Waals surface area contributed by atoms with Crippen molar-refractivity contribution in [3.63, 3.8) is 0 Å². The topological polar surface area (TPSA) is 101 Å². The number of nitrogens with one attached hydrogen (secondary N) is 1. The van der Waals surface area contributed by atoms with E-state index in [0.29, 0.717) is 33.5 Å². The predicted molar refractivity (Wildman–Crippen MR) is 127 cm³/mol. The van der Waals surface area contributed by atoms with Crippen LogP contribution in [-0.2, 0) is 0 Å². The number of para-hydroxylation sites is 1. The molecule has 0 saturated heterocycles. The van der Waals surface area contributed by atoms with E-state index in [9.17, 15) is 23.1 Å². The number of nitrogens with zero attached hydrogens (tertiary/aromatic N) is 1. The number of anilines is 1. The molecule has 0 bridgehead atoms. The largest absolute Gasteiger partial charge is 0.573 e. The smallest absolute Gasteiger partial charge is 0.491 e. The summed E-state index contributed by atoms with van der Waals surface area (Å²) in [7, 11) is 0. The summed E-state index contributed by atoms with van der Waals surface area (Å²) in [6, 6.07) is 20.5. The number of aromatic nitrogens is 1. The van der Waals surface area contributed by atoms with Crippen molar-refractivity contribution in [2.45, 2.75) is 12.5 Å². The van der Waals surface area contributed by atoms with Crippen molar-refractivity contribution >= 4 is 22.5 Å². The van der Waals surface area contributed by atoms with Crippen LogP contribution in [0.15, 0.2) is 78.9 Å². The number of fused-ring (bicyclic) bond motifs is 1. The number of ether oxygens (including phenoxy) is 2. The van der Waals surface area contributed by atoms with Crippen LogP contribution in [-0.4, -0.2) is 46.8 Å². The molecule has 0 aliphatic heterocycles. The molecule has 3 N–H and O–H groups in total. The number of hydrogen-bond donors (Lipinski definition) is 3. The molecule has 0 aliphatic rings. The van der Waals surface area contributed by atoms with Gasteiger partial charge >= 0.3 is 6.36 Å². The molecule has 0 radical (unpaired) electrons. The highest BCUT2D eigenvalue weighted by atomic mass is 19.4. The van der Waals surface area contributed by atoms with Crippen LogP contribution < -0.4 is 14.8 Å². The molecule has 0 aliphatic carbocycles. The summed E-state index contributed by atoms with van der Waals surface area (Å²) < 4.78 is 47.4. The molecule has 4 aromatic rings. The molecular weight excluding hydrogens is 477 g/mol. The lowest BCUT2D eigenvalue weighted by Gasteiger charge is -2.12. The molecule has 1 amide bonds. The average Bonchev–Trinajstić information content (AvgIpc) is 2.86. The van der Waals surface area contributed by atoms with Gasteiger partial charge < -0.3 is 25.0 Å². The van der Waals surface area contributed by atoms with Gasteiger partial charge in [0.25, 0.3) is 5.91 Å². The van der Waals surface area contributed by atoms with Gasteiger partial charge in [0.2, 0.25) is 0 Å². The van der Waals surface area contributed by atoms with Gasteiger partial charge in [-0.05, 0) is 35.9 Å². The number of carbonyl (C=O) groups is 1. The molecule has 0 fully saturated rings. The monoisotopic (exact) mass is 498 g/mol. The molecule has 3 aromatic carbocycles. The lowest BCUT2D eigenvalue weighted by atomic mass is 10.0. The summed E-state index contributed by atoms with van der Waals surface area (Å²) in [4.78, 5) is 17.4. The van der Waals surface area contributed by atoms with Crippen LogP contribution >= 0.6 is 0 Å². The van der Waals surface area contributed by atoms with Crippen LogP contribution in [0.25, 0.3) is 22.0 Å². The molecule has 1 aromatic heterocycles. The van der Waals surface area contributed by atoms with Crippen molar-refractivity contribution in [2.75, 3.05) is 18.5 Å². The standard InChI is InChI=1S/C26H21F3N2O5/c27-26(28,29)36-21-8-1-5-17(12-21)22-9-2-4-16-10-11-23(31-24(16)22)25(34)30-18-6-3-7-20(13-18)35-15-19(33)14-32/h1-13,19,32-33H,14-15H2,(H,30,34). The van der Waals surface area contributed by atoms with E-state index in [2.05, 4.69) is 15.0 Å².